The van der Waals surface area contributed by atoms with Crippen LogP contribution in [0.25, 0.3) is 16.8 Å². The van der Waals surface area contributed by atoms with Crippen molar-refractivity contribution in [3.8, 4) is 5.75 Å². The van der Waals surface area contributed by atoms with Crippen LogP contribution in [-0.2, 0) is 4.74 Å². The van der Waals surface area contributed by atoms with Gasteiger partial charge in [-0.25, -0.2) is 4.79 Å². The molecule has 3 aromatic carbocycles. The smallest absolute Gasteiger partial charge is 0.341 e. The van der Waals surface area contributed by atoms with E-state index in [1.165, 1.54) is 7.11 Å². The van der Waals surface area contributed by atoms with Gasteiger partial charge in [0.15, 0.2) is 0 Å². The molecule has 24 heavy (non-hydrogen) atoms. The molecule has 3 nitrogen and oxygen atoms in total. The van der Waals surface area contributed by atoms with Gasteiger partial charge in [0.05, 0.1) is 7.11 Å². The first-order chi connectivity index (χ1) is 11.8. The number of benzene rings is 3. The summed E-state index contributed by atoms with van der Waals surface area (Å²) in [5, 5.41) is 2.00. The van der Waals surface area contributed by atoms with Gasteiger partial charge in [-0.2, -0.15) is 0 Å². The van der Waals surface area contributed by atoms with Gasteiger partial charge in [-0.1, -0.05) is 60.7 Å². The highest BCUT2D eigenvalue weighted by Gasteiger charge is 2.14. The van der Waals surface area contributed by atoms with Crippen LogP contribution >= 0.6 is 0 Å². The molecule has 0 aliphatic heterocycles. The van der Waals surface area contributed by atoms with E-state index in [0.717, 1.165) is 16.3 Å². The van der Waals surface area contributed by atoms with Gasteiger partial charge in [0.1, 0.15) is 17.9 Å². The largest absolute Gasteiger partial charge is 0.489 e. The number of hydrogen-bond donors (Lipinski definition) is 0. The van der Waals surface area contributed by atoms with Gasteiger partial charge in [0.25, 0.3) is 0 Å². The number of carbonyl (C=O) groups is 1. The van der Waals surface area contributed by atoms with Crippen LogP contribution < -0.4 is 4.74 Å². The monoisotopic (exact) mass is 318 g/mol. The molecule has 0 atom stereocenters. The number of rotatable bonds is 5. The highest BCUT2D eigenvalue weighted by atomic mass is 16.5. The maximum atomic E-state index is 12.0. The number of fused-ring (bicyclic) bond motifs is 1. The quantitative estimate of drug-likeness (QED) is 0.639. The Kier molecular flexibility index (Phi) is 4.92. The highest BCUT2D eigenvalue weighted by molar-refractivity contribution is 5.98. The van der Waals surface area contributed by atoms with E-state index in [0.29, 0.717) is 17.9 Å². The van der Waals surface area contributed by atoms with E-state index in [9.17, 15) is 4.79 Å². The van der Waals surface area contributed by atoms with Gasteiger partial charge in [-0.3, -0.25) is 0 Å². The Balaban J connectivity index is 1.82. The average molecular weight is 318 g/mol. The first kappa shape index (κ1) is 15.8. The molecule has 0 saturated carbocycles. The number of ether oxygens (including phenoxy) is 2. The molecule has 0 N–H and O–H groups in total. The maximum absolute atomic E-state index is 12.0. The Hall–Kier alpha value is -3.07. The fourth-order valence-electron chi connectivity index (χ4n) is 2.49. The molecule has 0 aliphatic carbocycles. The van der Waals surface area contributed by atoms with Gasteiger partial charge in [0, 0.05) is 0 Å². The third-order valence-electron chi connectivity index (χ3n) is 3.70. The van der Waals surface area contributed by atoms with Crippen molar-refractivity contribution >= 4 is 22.8 Å². The molecule has 0 unspecified atom stereocenters. The zero-order chi connectivity index (χ0) is 16.8. The average Bonchev–Trinajstić information content (AvgIpc) is 2.64. The van der Waals surface area contributed by atoms with Crippen LogP contribution in [-0.4, -0.2) is 19.7 Å². The van der Waals surface area contributed by atoms with E-state index in [4.69, 9.17) is 9.47 Å². The van der Waals surface area contributed by atoms with Crippen molar-refractivity contribution < 1.29 is 14.3 Å². The highest BCUT2D eigenvalue weighted by Crippen LogP contribution is 2.27. The number of hydrogen-bond acceptors (Lipinski definition) is 3. The van der Waals surface area contributed by atoms with Gasteiger partial charge in [0.2, 0.25) is 0 Å². The number of carbonyl (C=O) groups excluding carboxylic acids is 1. The fourth-order valence-corrected chi connectivity index (χ4v) is 2.49. The lowest BCUT2D eigenvalue weighted by Crippen LogP contribution is -2.06. The Morgan fingerprint density at radius 3 is 2.33 bits per heavy atom. The van der Waals surface area contributed by atoms with Gasteiger partial charge < -0.3 is 9.47 Å². The van der Waals surface area contributed by atoms with Gasteiger partial charge in [-0.15, -0.1) is 0 Å². The molecule has 0 saturated heterocycles. The van der Waals surface area contributed by atoms with Crippen molar-refractivity contribution in [2.45, 2.75) is 0 Å². The predicted molar refractivity (Wildman–Crippen MR) is 96.3 cm³/mol. The zero-order valence-electron chi connectivity index (χ0n) is 13.4. The second kappa shape index (κ2) is 7.47. The zero-order valence-corrected chi connectivity index (χ0v) is 13.4. The SMILES string of the molecule is COC(=O)c1cc2ccccc2cc1OC/C=C/c1ccccc1. The van der Waals surface area contributed by atoms with Crippen molar-refractivity contribution in [1.82, 2.24) is 0 Å². The van der Waals surface area contributed by atoms with Crippen molar-refractivity contribution in [2.75, 3.05) is 13.7 Å². The lowest BCUT2D eigenvalue weighted by molar-refractivity contribution is 0.0597. The van der Waals surface area contributed by atoms with Crippen LogP contribution in [0.4, 0.5) is 0 Å². The summed E-state index contributed by atoms with van der Waals surface area (Å²) in [6.07, 6.45) is 3.91. The van der Waals surface area contributed by atoms with Crippen LogP contribution in [0.1, 0.15) is 15.9 Å². The summed E-state index contributed by atoms with van der Waals surface area (Å²) in [5.41, 5.74) is 1.54. The Bertz CT molecular complexity index is 867. The second-order valence-electron chi connectivity index (χ2n) is 5.31. The third kappa shape index (κ3) is 3.63. The summed E-state index contributed by atoms with van der Waals surface area (Å²) in [6, 6.07) is 21.5. The lowest BCUT2D eigenvalue weighted by Gasteiger charge is -2.10. The molecule has 0 spiro atoms. The molecule has 0 aliphatic rings. The number of esters is 1. The maximum Gasteiger partial charge on any atom is 0.341 e. The van der Waals surface area contributed by atoms with Crippen molar-refractivity contribution in [2.24, 2.45) is 0 Å². The van der Waals surface area contributed by atoms with Gasteiger partial charge >= 0.3 is 5.97 Å². The van der Waals surface area contributed by atoms with Crippen LogP contribution in [0.2, 0.25) is 0 Å². The van der Waals surface area contributed by atoms with Crippen molar-refractivity contribution in [1.29, 1.82) is 0 Å². The third-order valence-corrected chi connectivity index (χ3v) is 3.70. The summed E-state index contributed by atoms with van der Waals surface area (Å²) in [5.74, 6) is 0.126. The minimum absolute atomic E-state index is 0.372. The molecule has 0 aromatic heterocycles. The normalized spacial score (nSPS) is 10.9. The van der Waals surface area contributed by atoms with E-state index in [-0.39, 0.29) is 0 Å². The molecule has 0 fully saturated rings. The van der Waals surface area contributed by atoms with Crippen LogP contribution in [0.15, 0.2) is 72.8 Å². The number of methoxy groups -OCH3 is 1. The summed E-state index contributed by atoms with van der Waals surface area (Å²) in [4.78, 5) is 12.0. The van der Waals surface area contributed by atoms with E-state index >= 15 is 0 Å². The summed E-state index contributed by atoms with van der Waals surface area (Å²) < 4.78 is 10.7. The predicted octanol–water partition coefficient (Wildman–Crippen LogP) is 4.72. The van der Waals surface area contributed by atoms with Crippen LogP contribution in [0, 0.1) is 0 Å². The summed E-state index contributed by atoms with van der Waals surface area (Å²) in [6.45, 7) is 0.372. The molecule has 120 valence electrons. The Morgan fingerprint density at radius 1 is 0.958 bits per heavy atom. The second-order valence-corrected chi connectivity index (χ2v) is 5.31. The van der Waals surface area contributed by atoms with E-state index in [2.05, 4.69) is 0 Å². The van der Waals surface area contributed by atoms with E-state index < -0.39 is 5.97 Å². The molecule has 3 rings (SSSR count). The minimum atomic E-state index is -0.400. The fraction of sp³-hybridized carbons (Fsp3) is 0.0952. The molecular weight excluding hydrogens is 300 g/mol. The molecule has 0 radical (unpaired) electrons. The lowest BCUT2D eigenvalue weighted by atomic mass is 10.1. The summed E-state index contributed by atoms with van der Waals surface area (Å²) >= 11 is 0. The Labute approximate surface area is 141 Å². The van der Waals surface area contributed by atoms with E-state index in [1.54, 1.807) is 6.07 Å². The van der Waals surface area contributed by atoms with Crippen LogP contribution in [0.5, 0.6) is 5.75 Å². The molecular formula is C21H18O3. The van der Waals surface area contributed by atoms with Gasteiger partial charge in [-0.05, 0) is 34.5 Å². The standard InChI is InChI=1S/C21H18O3/c1-23-21(22)19-14-17-11-5-6-12-18(17)15-20(19)24-13-7-10-16-8-3-2-4-9-16/h2-12,14-15H,13H2,1H3/b10-7+. The first-order valence-electron chi connectivity index (χ1n) is 7.73. The van der Waals surface area contributed by atoms with Crippen LogP contribution in [0.3, 0.4) is 0 Å². The summed E-state index contributed by atoms with van der Waals surface area (Å²) in [7, 11) is 1.37. The van der Waals surface area contributed by atoms with Crippen molar-refractivity contribution in [3.05, 3.63) is 83.9 Å². The molecule has 3 aromatic rings. The molecule has 0 bridgehead atoms. The molecule has 0 amide bonds. The Morgan fingerprint density at radius 2 is 1.62 bits per heavy atom. The van der Waals surface area contributed by atoms with E-state index in [1.807, 2.05) is 72.8 Å². The minimum Gasteiger partial charge on any atom is -0.489 e. The first-order valence-corrected chi connectivity index (χ1v) is 7.73. The molecule has 3 heteroatoms. The topological polar surface area (TPSA) is 35.5 Å². The molecule has 0 heterocycles. The van der Waals surface area contributed by atoms with Crippen molar-refractivity contribution in [3.63, 3.8) is 0 Å².